The first-order chi connectivity index (χ1) is 10.1. The van der Waals surface area contributed by atoms with Gasteiger partial charge in [0, 0.05) is 16.6 Å². The molecular weight excluding hydrogens is 305 g/mol. The van der Waals surface area contributed by atoms with Gasteiger partial charge < -0.3 is 5.32 Å². The minimum Gasteiger partial charge on any atom is -0.321 e. The van der Waals surface area contributed by atoms with E-state index in [9.17, 15) is 4.79 Å². The maximum atomic E-state index is 12.3. The van der Waals surface area contributed by atoms with Crippen molar-refractivity contribution in [1.29, 1.82) is 0 Å². The highest BCUT2D eigenvalue weighted by molar-refractivity contribution is 6.42. The number of carbonyl (C=O) groups excluding carboxylic acids is 1. The summed E-state index contributed by atoms with van der Waals surface area (Å²) in [6.45, 7) is 0. The maximum absolute atomic E-state index is 12.3. The summed E-state index contributed by atoms with van der Waals surface area (Å²) in [5.74, 6) is -0.218. The third-order valence-electron chi connectivity index (χ3n) is 3.22. The first-order valence-corrected chi connectivity index (χ1v) is 7.15. The number of anilines is 1. The van der Waals surface area contributed by atoms with E-state index in [0.29, 0.717) is 15.6 Å². The van der Waals surface area contributed by atoms with Gasteiger partial charge in [0.1, 0.15) is 0 Å². The van der Waals surface area contributed by atoms with Crippen LogP contribution in [-0.4, -0.2) is 5.91 Å². The zero-order valence-corrected chi connectivity index (χ0v) is 12.4. The molecule has 104 valence electrons. The van der Waals surface area contributed by atoms with E-state index >= 15 is 0 Å². The molecule has 1 amide bonds. The van der Waals surface area contributed by atoms with E-state index in [-0.39, 0.29) is 5.91 Å². The van der Waals surface area contributed by atoms with E-state index < -0.39 is 0 Å². The van der Waals surface area contributed by atoms with Crippen molar-refractivity contribution in [2.45, 2.75) is 0 Å². The lowest BCUT2D eigenvalue weighted by Gasteiger charge is -2.09. The first-order valence-electron chi connectivity index (χ1n) is 6.39. The molecule has 0 atom stereocenters. The molecule has 0 spiro atoms. The molecule has 0 aliphatic heterocycles. The fourth-order valence-corrected chi connectivity index (χ4v) is 2.46. The highest BCUT2D eigenvalue weighted by atomic mass is 35.5. The largest absolute Gasteiger partial charge is 0.321 e. The average Bonchev–Trinajstić information content (AvgIpc) is 2.50. The van der Waals surface area contributed by atoms with Gasteiger partial charge in [-0.05, 0) is 29.7 Å². The second-order valence-corrected chi connectivity index (χ2v) is 5.42. The lowest BCUT2D eigenvalue weighted by atomic mass is 10.1. The molecule has 3 aromatic rings. The summed E-state index contributed by atoms with van der Waals surface area (Å²) in [5, 5.41) is 5.77. The quantitative estimate of drug-likeness (QED) is 0.674. The van der Waals surface area contributed by atoms with Gasteiger partial charge in [-0.2, -0.15) is 0 Å². The van der Waals surface area contributed by atoms with Crippen molar-refractivity contribution in [2.75, 3.05) is 5.32 Å². The van der Waals surface area contributed by atoms with Crippen LogP contribution in [0.1, 0.15) is 10.4 Å². The van der Waals surface area contributed by atoms with Crippen molar-refractivity contribution in [3.05, 3.63) is 76.3 Å². The zero-order valence-electron chi connectivity index (χ0n) is 10.9. The minimum atomic E-state index is -0.218. The van der Waals surface area contributed by atoms with Crippen LogP contribution in [0, 0.1) is 0 Å². The van der Waals surface area contributed by atoms with Gasteiger partial charge in [0.2, 0.25) is 0 Å². The number of rotatable bonds is 2. The standard InChI is InChI=1S/C17H11Cl2NO/c18-14-9-8-12(10-15(14)19)17(21)20-16-7-3-5-11-4-1-2-6-13(11)16/h1-10H,(H,20,21). The van der Waals surface area contributed by atoms with E-state index in [1.807, 2.05) is 42.5 Å². The summed E-state index contributed by atoms with van der Waals surface area (Å²) < 4.78 is 0. The number of amides is 1. The smallest absolute Gasteiger partial charge is 0.255 e. The molecule has 0 aromatic heterocycles. The molecule has 0 radical (unpaired) electrons. The Morgan fingerprint density at radius 3 is 2.43 bits per heavy atom. The summed E-state index contributed by atoms with van der Waals surface area (Å²) in [4.78, 5) is 12.3. The number of hydrogen-bond acceptors (Lipinski definition) is 1. The Morgan fingerprint density at radius 1 is 0.857 bits per heavy atom. The van der Waals surface area contributed by atoms with Crippen LogP contribution >= 0.6 is 23.2 Å². The molecule has 0 fully saturated rings. The average molecular weight is 316 g/mol. The van der Waals surface area contributed by atoms with Crippen LogP contribution in [0.15, 0.2) is 60.7 Å². The van der Waals surface area contributed by atoms with Gasteiger partial charge in [-0.15, -0.1) is 0 Å². The predicted octanol–water partition coefficient (Wildman–Crippen LogP) is 5.40. The van der Waals surface area contributed by atoms with Crippen LogP contribution in [0.2, 0.25) is 10.0 Å². The van der Waals surface area contributed by atoms with E-state index in [1.54, 1.807) is 18.2 Å². The molecule has 0 heterocycles. The van der Waals surface area contributed by atoms with Gasteiger partial charge in [0.25, 0.3) is 5.91 Å². The highest BCUT2D eigenvalue weighted by Gasteiger charge is 2.10. The topological polar surface area (TPSA) is 29.1 Å². The lowest BCUT2D eigenvalue weighted by Crippen LogP contribution is -2.12. The summed E-state index contributed by atoms with van der Waals surface area (Å²) >= 11 is 11.8. The molecular formula is C17H11Cl2NO. The normalized spacial score (nSPS) is 10.6. The van der Waals surface area contributed by atoms with Crippen molar-refractivity contribution in [3.8, 4) is 0 Å². The Bertz CT molecular complexity index is 825. The fraction of sp³-hybridized carbons (Fsp3) is 0. The zero-order chi connectivity index (χ0) is 14.8. The molecule has 21 heavy (non-hydrogen) atoms. The number of nitrogens with one attached hydrogen (secondary N) is 1. The van der Waals surface area contributed by atoms with E-state index in [1.165, 1.54) is 0 Å². The second kappa shape index (κ2) is 5.76. The molecule has 0 saturated carbocycles. The SMILES string of the molecule is O=C(Nc1cccc2ccccc12)c1ccc(Cl)c(Cl)c1. The minimum absolute atomic E-state index is 0.218. The third kappa shape index (κ3) is 2.87. The van der Waals surface area contributed by atoms with Crippen LogP contribution < -0.4 is 5.32 Å². The van der Waals surface area contributed by atoms with Crippen molar-refractivity contribution in [3.63, 3.8) is 0 Å². The molecule has 0 aliphatic carbocycles. The first kappa shape index (κ1) is 13.9. The van der Waals surface area contributed by atoms with Crippen molar-refractivity contribution < 1.29 is 4.79 Å². The second-order valence-electron chi connectivity index (χ2n) is 4.61. The van der Waals surface area contributed by atoms with Crippen molar-refractivity contribution >= 4 is 45.6 Å². The number of fused-ring (bicyclic) bond motifs is 1. The molecule has 3 aromatic carbocycles. The molecule has 0 aliphatic rings. The van der Waals surface area contributed by atoms with Crippen LogP contribution in [0.25, 0.3) is 10.8 Å². The van der Waals surface area contributed by atoms with Crippen LogP contribution in [0.4, 0.5) is 5.69 Å². The number of carbonyl (C=O) groups is 1. The van der Waals surface area contributed by atoms with Crippen molar-refractivity contribution in [1.82, 2.24) is 0 Å². The highest BCUT2D eigenvalue weighted by Crippen LogP contribution is 2.25. The fourth-order valence-electron chi connectivity index (χ4n) is 2.17. The Kier molecular flexibility index (Phi) is 3.82. The van der Waals surface area contributed by atoms with Gasteiger partial charge in [0.05, 0.1) is 10.0 Å². The van der Waals surface area contributed by atoms with Gasteiger partial charge in [-0.1, -0.05) is 59.6 Å². The summed E-state index contributed by atoms with van der Waals surface area (Å²) in [7, 11) is 0. The molecule has 1 N–H and O–H groups in total. The van der Waals surface area contributed by atoms with Crippen LogP contribution in [0.3, 0.4) is 0 Å². The third-order valence-corrected chi connectivity index (χ3v) is 3.96. The summed E-state index contributed by atoms with van der Waals surface area (Å²) in [6, 6.07) is 18.5. The summed E-state index contributed by atoms with van der Waals surface area (Å²) in [6.07, 6.45) is 0. The van der Waals surface area contributed by atoms with Crippen LogP contribution in [-0.2, 0) is 0 Å². The van der Waals surface area contributed by atoms with Crippen LogP contribution in [0.5, 0.6) is 0 Å². The molecule has 4 heteroatoms. The van der Waals surface area contributed by atoms with E-state index in [4.69, 9.17) is 23.2 Å². The Labute approximate surface area is 132 Å². The van der Waals surface area contributed by atoms with Gasteiger partial charge in [-0.3, -0.25) is 4.79 Å². The molecule has 0 bridgehead atoms. The molecule has 0 unspecified atom stereocenters. The molecule has 2 nitrogen and oxygen atoms in total. The monoisotopic (exact) mass is 315 g/mol. The number of hydrogen-bond donors (Lipinski definition) is 1. The van der Waals surface area contributed by atoms with Gasteiger partial charge in [0.15, 0.2) is 0 Å². The Hall–Kier alpha value is -2.03. The summed E-state index contributed by atoms with van der Waals surface area (Å²) in [5.41, 5.74) is 1.24. The number of benzene rings is 3. The van der Waals surface area contributed by atoms with Crippen molar-refractivity contribution in [2.24, 2.45) is 0 Å². The molecule has 0 saturated heterocycles. The van der Waals surface area contributed by atoms with Gasteiger partial charge >= 0.3 is 0 Å². The Morgan fingerprint density at radius 2 is 1.62 bits per heavy atom. The van der Waals surface area contributed by atoms with E-state index in [0.717, 1.165) is 16.5 Å². The van der Waals surface area contributed by atoms with Gasteiger partial charge in [-0.25, -0.2) is 0 Å². The van der Waals surface area contributed by atoms with E-state index in [2.05, 4.69) is 5.32 Å². The lowest BCUT2D eigenvalue weighted by molar-refractivity contribution is 0.102. The number of halogens is 2. The molecule has 3 rings (SSSR count). The predicted molar refractivity (Wildman–Crippen MR) is 88.4 cm³/mol. The Balaban J connectivity index is 1.94. The maximum Gasteiger partial charge on any atom is 0.255 e.